The van der Waals surface area contributed by atoms with Crippen LogP contribution in [-0.4, -0.2) is 50.4 Å². The summed E-state index contributed by atoms with van der Waals surface area (Å²) in [5.41, 5.74) is 2.47. The van der Waals surface area contributed by atoms with Crippen molar-refractivity contribution in [1.82, 2.24) is 4.90 Å². The largest absolute Gasteiger partial charge is 0.489 e. The van der Waals surface area contributed by atoms with Crippen molar-refractivity contribution in [2.24, 2.45) is 0 Å². The van der Waals surface area contributed by atoms with Crippen LogP contribution in [-0.2, 0) is 4.74 Å². The zero-order valence-corrected chi connectivity index (χ0v) is 16.5. The van der Waals surface area contributed by atoms with Crippen LogP contribution in [0.25, 0.3) is 0 Å². The second-order valence-corrected chi connectivity index (χ2v) is 7.58. The topological polar surface area (TPSA) is 24.9 Å². The average molecular weight is 379 g/mol. The van der Waals surface area contributed by atoms with E-state index in [2.05, 4.69) is 64.9 Å². The Hall–Kier alpha value is -2.30. The fourth-order valence-electron chi connectivity index (χ4n) is 4.31. The predicted molar refractivity (Wildman–Crippen MR) is 114 cm³/mol. The number of fused-ring (bicyclic) bond motifs is 1. The van der Waals surface area contributed by atoms with Gasteiger partial charge in [0, 0.05) is 6.54 Å². The number of likely N-dealkylation sites (tertiary alicyclic amines) is 1. The number of para-hydroxylation sites is 2. The van der Waals surface area contributed by atoms with Crippen molar-refractivity contribution in [3.63, 3.8) is 0 Å². The minimum Gasteiger partial charge on any atom is -0.489 e. The summed E-state index contributed by atoms with van der Waals surface area (Å²) in [5, 5.41) is 0. The van der Waals surface area contributed by atoms with E-state index < -0.39 is 0 Å². The molecule has 2 aliphatic rings. The van der Waals surface area contributed by atoms with Crippen molar-refractivity contribution in [3.05, 3.63) is 72.8 Å². The molecule has 0 aromatic heterocycles. The molecule has 1 fully saturated rings. The highest BCUT2D eigenvalue weighted by Crippen LogP contribution is 2.39. The van der Waals surface area contributed by atoms with Crippen molar-refractivity contribution < 1.29 is 9.47 Å². The van der Waals surface area contributed by atoms with Crippen LogP contribution in [0.1, 0.15) is 24.4 Å². The number of hydrogen-bond acceptors (Lipinski definition) is 4. The number of nitrogens with zero attached hydrogens (tertiary/aromatic N) is 2. The molecule has 2 heterocycles. The van der Waals surface area contributed by atoms with E-state index in [9.17, 15) is 0 Å². The molecular weight excluding hydrogens is 348 g/mol. The molecule has 1 saturated heterocycles. The summed E-state index contributed by atoms with van der Waals surface area (Å²) in [6, 6.07) is 19.7. The SMILES string of the molecule is C=CCOCC(CN1c2ccccc2OCC1c1ccccc1)N1CCCC1. The quantitative estimate of drug-likeness (QED) is 0.505. The van der Waals surface area contributed by atoms with E-state index in [1.165, 1.54) is 24.1 Å². The molecule has 2 aromatic carbocycles. The maximum Gasteiger partial charge on any atom is 0.142 e. The summed E-state index contributed by atoms with van der Waals surface area (Å²) in [5.74, 6) is 0.974. The number of benzene rings is 2. The highest BCUT2D eigenvalue weighted by Gasteiger charge is 2.32. The Labute approximate surface area is 168 Å². The molecule has 4 rings (SSSR count). The van der Waals surface area contributed by atoms with Crippen LogP contribution >= 0.6 is 0 Å². The molecule has 0 N–H and O–H groups in total. The predicted octanol–water partition coefficient (Wildman–Crippen LogP) is 4.29. The minimum atomic E-state index is 0.209. The molecule has 4 nitrogen and oxygen atoms in total. The Bertz CT molecular complexity index is 758. The summed E-state index contributed by atoms with van der Waals surface area (Å²) in [4.78, 5) is 5.11. The van der Waals surface area contributed by atoms with E-state index in [1.54, 1.807) is 0 Å². The third kappa shape index (κ3) is 4.23. The van der Waals surface area contributed by atoms with Gasteiger partial charge >= 0.3 is 0 Å². The fourth-order valence-corrected chi connectivity index (χ4v) is 4.31. The second kappa shape index (κ2) is 9.26. The first kappa shape index (κ1) is 19.0. The summed E-state index contributed by atoms with van der Waals surface area (Å²) in [7, 11) is 0. The summed E-state index contributed by atoms with van der Waals surface area (Å²) >= 11 is 0. The number of hydrogen-bond donors (Lipinski definition) is 0. The molecule has 2 aromatic rings. The smallest absolute Gasteiger partial charge is 0.142 e. The normalized spacial score (nSPS) is 20.4. The van der Waals surface area contributed by atoms with Crippen LogP contribution in [0, 0.1) is 0 Å². The number of rotatable bonds is 8. The maximum absolute atomic E-state index is 6.13. The lowest BCUT2D eigenvalue weighted by Crippen LogP contribution is -2.48. The standard InChI is InChI=1S/C24H30N2O2/c1-2-16-27-18-21(25-14-8-9-15-25)17-26-22-12-6-7-13-24(22)28-19-23(26)20-10-4-3-5-11-20/h2-7,10-13,21,23H,1,8-9,14-19H2. The third-order valence-corrected chi connectivity index (χ3v) is 5.74. The maximum atomic E-state index is 6.13. The molecule has 28 heavy (non-hydrogen) atoms. The Morgan fingerprint density at radius 2 is 1.82 bits per heavy atom. The Balaban J connectivity index is 1.62. The van der Waals surface area contributed by atoms with Crippen LogP contribution in [0.3, 0.4) is 0 Å². The van der Waals surface area contributed by atoms with E-state index in [0.717, 1.165) is 32.0 Å². The lowest BCUT2D eigenvalue weighted by Gasteiger charge is -2.42. The highest BCUT2D eigenvalue weighted by atomic mass is 16.5. The van der Waals surface area contributed by atoms with Gasteiger partial charge in [0.2, 0.25) is 0 Å². The Kier molecular flexibility index (Phi) is 6.30. The van der Waals surface area contributed by atoms with Crippen LogP contribution in [0.5, 0.6) is 5.75 Å². The minimum absolute atomic E-state index is 0.209. The highest BCUT2D eigenvalue weighted by molar-refractivity contribution is 5.61. The molecule has 2 unspecified atom stereocenters. The van der Waals surface area contributed by atoms with Gasteiger partial charge in [0.1, 0.15) is 12.4 Å². The summed E-state index contributed by atoms with van der Waals surface area (Å²) in [6.45, 7) is 9.03. The van der Waals surface area contributed by atoms with Gasteiger partial charge in [0.05, 0.1) is 31.0 Å². The third-order valence-electron chi connectivity index (χ3n) is 5.74. The lowest BCUT2D eigenvalue weighted by molar-refractivity contribution is 0.0855. The molecule has 0 spiro atoms. The zero-order chi connectivity index (χ0) is 19.2. The number of ether oxygens (including phenoxy) is 2. The first-order chi connectivity index (χ1) is 13.9. The van der Waals surface area contributed by atoms with Gasteiger partial charge in [-0.15, -0.1) is 6.58 Å². The summed E-state index contributed by atoms with van der Waals surface area (Å²) < 4.78 is 12.0. The fraction of sp³-hybridized carbons (Fsp3) is 0.417. The molecule has 4 heteroatoms. The van der Waals surface area contributed by atoms with Gasteiger partial charge in [-0.2, -0.15) is 0 Å². The average Bonchev–Trinajstić information content (AvgIpc) is 3.28. The van der Waals surface area contributed by atoms with Gasteiger partial charge in [0.15, 0.2) is 0 Å². The Morgan fingerprint density at radius 1 is 1.07 bits per heavy atom. The van der Waals surface area contributed by atoms with Gasteiger partial charge in [0.25, 0.3) is 0 Å². The Morgan fingerprint density at radius 3 is 2.61 bits per heavy atom. The molecule has 0 radical (unpaired) electrons. The molecule has 0 saturated carbocycles. The monoisotopic (exact) mass is 378 g/mol. The first-order valence-electron chi connectivity index (χ1n) is 10.3. The molecule has 0 aliphatic carbocycles. The van der Waals surface area contributed by atoms with E-state index in [4.69, 9.17) is 9.47 Å². The summed E-state index contributed by atoms with van der Waals surface area (Å²) in [6.07, 6.45) is 4.39. The van der Waals surface area contributed by atoms with Crippen LogP contribution < -0.4 is 9.64 Å². The van der Waals surface area contributed by atoms with Crippen molar-refractivity contribution in [1.29, 1.82) is 0 Å². The van der Waals surface area contributed by atoms with Gasteiger partial charge in [-0.25, -0.2) is 0 Å². The lowest BCUT2D eigenvalue weighted by atomic mass is 10.0. The van der Waals surface area contributed by atoms with Crippen molar-refractivity contribution in [3.8, 4) is 5.75 Å². The van der Waals surface area contributed by atoms with E-state index >= 15 is 0 Å². The van der Waals surface area contributed by atoms with Crippen LogP contribution in [0.2, 0.25) is 0 Å². The van der Waals surface area contributed by atoms with Crippen molar-refractivity contribution in [2.75, 3.05) is 44.4 Å². The van der Waals surface area contributed by atoms with E-state index in [0.29, 0.717) is 19.3 Å². The van der Waals surface area contributed by atoms with Gasteiger partial charge in [-0.3, -0.25) is 4.90 Å². The van der Waals surface area contributed by atoms with E-state index in [-0.39, 0.29) is 6.04 Å². The van der Waals surface area contributed by atoms with Crippen LogP contribution in [0.15, 0.2) is 67.3 Å². The molecule has 0 bridgehead atoms. The first-order valence-corrected chi connectivity index (χ1v) is 10.3. The van der Waals surface area contributed by atoms with Crippen LogP contribution in [0.4, 0.5) is 5.69 Å². The van der Waals surface area contributed by atoms with E-state index in [1.807, 2.05) is 12.1 Å². The molecule has 148 valence electrons. The second-order valence-electron chi connectivity index (χ2n) is 7.58. The number of anilines is 1. The molecule has 0 amide bonds. The molecule has 2 aliphatic heterocycles. The zero-order valence-electron chi connectivity index (χ0n) is 16.5. The van der Waals surface area contributed by atoms with Crippen molar-refractivity contribution in [2.45, 2.75) is 24.9 Å². The van der Waals surface area contributed by atoms with Gasteiger partial charge in [-0.1, -0.05) is 48.5 Å². The molecular formula is C24H30N2O2. The van der Waals surface area contributed by atoms with Crippen molar-refractivity contribution >= 4 is 5.69 Å². The van der Waals surface area contributed by atoms with Gasteiger partial charge in [-0.05, 0) is 43.6 Å². The van der Waals surface area contributed by atoms with Gasteiger partial charge < -0.3 is 14.4 Å². The molecule has 2 atom stereocenters.